The summed E-state index contributed by atoms with van der Waals surface area (Å²) in [4.78, 5) is 43.1. The average Bonchev–Trinajstić information content (AvgIpc) is 3.18. The van der Waals surface area contributed by atoms with Crippen molar-refractivity contribution < 1.29 is 19.2 Å². The van der Waals surface area contributed by atoms with Gasteiger partial charge in [-0.15, -0.1) is 0 Å². The number of nitrogens with zero attached hydrogens (tertiary/aromatic N) is 2. The predicted octanol–water partition coefficient (Wildman–Crippen LogP) is 5.40. The minimum atomic E-state index is -0.294. The van der Waals surface area contributed by atoms with E-state index in [1.807, 2.05) is 62.4 Å². The molecule has 0 radical (unpaired) electrons. The van der Waals surface area contributed by atoms with Crippen molar-refractivity contribution in [3.63, 3.8) is 0 Å². The van der Waals surface area contributed by atoms with Gasteiger partial charge in [0, 0.05) is 22.1 Å². The third-order valence-electron chi connectivity index (χ3n) is 4.65. The molecule has 4 rings (SSSR count). The van der Waals surface area contributed by atoms with Crippen molar-refractivity contribution in [1.29, 1.82) is 0 Å². The lowest BCUT2D eigenvalue weighted by atomic mass is 10.2. The molecule has 156 valence electrons. The van der Waals surface area contributed by atoms with Crippen LogP contribution >= 0.6 is 23.4 Å². The molecular formula is C23H17ClN2O4S. The summed E-state index contributed by atoms with van der Waals surface area (Å²) >= 11 is 6.96. The summed E-state index contributed by atoms with van der Waals surface area (Å²) in [5.41, 5.74) is 4.52. The second-order valence-electron chi connectivity index (χ2n) is 6.57. The Balaban J connectivity index is 0.000000858. The molecule has 0 unspecified atom stereocenters. The van der Waals surface area contributed by atoms with Gasteiger partial charge in [0.05, 0.1) is 10.6 Å². The second-order valence-corrected chi connectivity index (χ2v) is 8.00. The topological polar surface area (TPSA) is 76.5 Å². The van der Waals surface area contributed by atoms with Crippen LogP contribution in [0, 0.1) is 13.8 Å². The van der Waals surface area contributed by atoms with Crippen molar-refractivity contribution in [3.8, 4) is 5.69 Å². The normalized spacial score (nSPS) is 14.4. The summed E-state index contributed by atoms with van der Waals surface area (Å²) in [5, 5.41) is 0.398. The summed E-state index contributed by atoms with van der Waals surface area (Å²) in [6.45, 7) is 4.00. The van der Waals surface area contributed by atoms with Crippen LogP contribution in [-0.4, -0.2) is 21.9 Å². The minimum absolute atomic E-state index is 0.250. The monoisotopic (exact) mass is 452 g/mol. The first kappa shape index (κ1) is 22.3. The Morgan fingerprint density at radius 2 is 1.55 bits per heavy atom. The van der Waals surface area contributed by atoms with Gasteiger partial charge in [-0.3, -0.25) is 9.59 Å². The van der Waals surface area contributed by atoms with Gasteiger partial charge in [-0.1, -0.05) is 29.8 Å². The predicted molar refractivity (Wildman–Crippen MR) is 120 cm³/mol. The van der Waals surface area contributed by atoms with Gasteiger partial charge in [0.25, 0.3) is 11.1 Å². The maximum absolute atomic E-state index is 12.8. The third kappa shape index (κ3) is 4.70. The van der Waals surface area contributed by atoms with Crippen LogP contribution in [0.25, 0.3) is 11.8 Å². The van der Waals surface area contributed by atoms with Crippen LogP contribution in [0.5, 0.6) is 0 Å². The molecule has 0 N–H and O–H groups in total. The number of carbonyl (C=O) groups excluding carboxylic acids is 4. The molecular weight excluding hydrogens is 436 g/mol. The smallest absolute Gasteiger partial charge is 0.318 e. The number of para-hydroxylation sites is 1. The zero-order valence-electron chi connectivity index (χ0n) is 16.7. The molecule has 1 saturated heterocycles. The molecule has 2 heterocycles. The van der Waals surface area contributed by atoms with Gasteiger partial charge in [-0.25, -0.2) is 4.90 Å². The van der Waals surface area contributed by atoms with Crippen LogP contribution in [0.3, 0.4) is 0 Å². The number of carbonyl (C=O) groups is 2. The minimum Gasteiger partial charge on any atom is -0.318 e. The molecule has 0 bridgehead atoms. The van der Waals surface area contributed by atoms with Crippen molar-refractivity contribution in [1.82, 2.24) is 4.57 Å². The Hall–Kier alpha value is -3.38. The Labute approximate surface area is 188 Å². The number of aromatic nitrogens is 1. The summed E-state index contributed by atoms with van der Waals surface area (Å²) in [6.07, 6.45) is 2.04. The Kier molecular flexibility index (Phi) is 6.92. The molecule has 2 amide bonds. The molecule has 6 nitrogen and oxygen atoms in total. The van der Waals surface area contributed by atoms with E-state index in [2.05, 4.69) is 4.57 Å². The van der Waals surface area contributed by atoms with Gasteiger partial charge in [0.1, 0.15) is 0 Å². The largest absolute Gasteiger partial charge is 0.373 e. The number of hydrogen-bond donors (Lipinski definition) is 0. The van der Waals surface area contributed by atoms with Gasteiger partial charge in [-0.05, 0) is 79.7 Å². The number of imide groups is 1. The maximum Gasteiger partial charge on any atom is 0.373 e. The Morgan fingerprint density at radius 3 is 2.16 bits per heavy atom. The standard InChI is InChI=1S/C22H17ClN2O2S.CO2/c1-14-12-16(15(2)24(14)19-10-8-17(23)9-11-19)13-20-21(26)25(22(27)28-20)18-6-4-3-5-7-18;2-1-3/h3-13H,1-2H3;. The molecule has 2 aromatic carbocycles. The quantitative estimate of drug-likeness (QED) is 0.497. The average molecular weight is 453 g/mol. The molecule has 31 heavy (non-hydrogen) atoms. The van der Waals surface area contributed by atoms with Crippen LogP contribution in [-0.2, 0) is 14.4 Å². The Bertz CT molecular complexity index is 1190. The molecule has 1 aliphatic heterocycles. The van der Waals surface area contributed by atoms with E-state index in [-0.39, 0.29) is 17.3 Å². The van der Waals surface area contributed by atoms with E-state index < -0.39 is 0 Å². The number of anilines is 1. The van der Waals surface area contributed by atoms with Crippen molar-refractivity contribution in [3.05, 3.63) is 87.5 Å². The van der Waals surface area contributed by atoms with Crippen LogP contribution in [0.1, 0.15) is 17.0 Å². The maximum atomic E-state index is 12.8. The zero-order chi connectivity index (χ0) is 22.5. The van der Waals surface area contributed by atoms with Gasteiger partial charge in [0.2, 0.25) is 0 Å². The lowest BCUT2D eigenvalue weighted by molar-refractivity contribution is -0.191. The van der Waals surface area contributed by atoms with E-state index in [0.29, 0.717) is 15.6 Å². The molecule has 1 fully saturated rings. The molecule has 0 saturated carbocycles. The molecule has 8 heteroatoms. The number of aryl methyl sites for hydroxylation is 1. The molecule has 1 aromatic heterocycles. The van der Waals surface area contributed by atoms with Crippen LogP contribution in [0.15, 0.2) is 65.6 Å². The highest BCUT2D eigenvalue weighted by molar-refractivity contribution is 8.19. The molecule has 0 aliphatic carbocycles. The van der Waals surface area contributed by atoms with Crippen LogP contribution < -0.4 is 4.90 Å². The van der Waals surface area contributed by atoms with E-state index in [1.165, 1.54) is 4.90 Å². The van der Waals surface area contributed by atoms with Gasteiger partial charge in [-0.2, -0.15) is 9.59 Å². The summed E-state index contributed by atoms with van der Waals surface area (Å²) in [5.74, 6) is -0.294. The number of benzene rings is 2. The second kappa shape index (κ2) is 9.62. The molecule has 0 atom stereocenters. The van der Waals surface area contributed by atoms with Gasteiger partial charge in [0.15, 0.2) is 0 Å². The molecule has 0 spiro atoms. The SMILES string of the molecule is Cc1cc(C=C2SC(=O)N(c3ccccc3)C2=O)c(C)n1-c1ccc(Cl)cc1.O=C=O. The van der Waals surface area contributed by atoms with Crippen molar-refractivity contribution in [2.24, 2.45) is 0 Å². The summed E-state index contributed by atoms with van der Waals surface area (Å²) in [7, 11) is 0. The molecule has 1 aliphatic rings. The number of amides is 2. The van der Waals surface area contributed by atoms with E-state index in [9.17, 15) is 9.59 Å². The fourth-order valence-corrected chi connectivity index (χ4v) is 4.29. The highest BCUT2D eigenvalue weighted by Gasteiger charge is 2.36. The number of thioether (sulfide) groups is 1. The highest BCUT2D eigenvalue weighted by Crippen LogP contribution is 2.36. The number of rotatable bonds is 3. The summed E-state index contributed by atoms with van der Waals surface area (Å²) < 4.78 is 2.10. The van der Waals surface area contributed by atoms with Crippen molar-refractivity contribution in [2.45, 2.75) is 13.8 Å². The number of halogens is 1. The van der Waals surface area contributed by atoms with Crippen LogP contribution in [0.4, 0.5) is 10.5 Å². The lowest BCUT2D eigenvalue weighted by Gasteiger charge is -2.11. The number of hydrogen-bond acceptors (Lipinski definition) is 5. The van der Waals surface area contributed by atoms with Gasteiger partial charge < -0.3 is 4.57 Å². The summed E-state index contributed by atoms with van der Waals surface area (Å²) in [6, 6.07) is 18.6. The fraction of sp³-hybridized carbons (Fsp3) is 0.0870. The first-order valence-corrected chi connectivity index (χ1v) is 10.3. The van der Waals surface area contributed by atoms with Crippen molar-refractivity contribution in [2.75, 3.05) is 4.90 Å². The van der Waals surface area contributed by atoms with E-state index in [1.54, 1.807) is 18.2 Å². The van der Waals surface area contributed by atoms with E-state index in [0.717, 1.165) is 34.4 Å². The lowest BCUT2D eigenvalue weighted by Crippen LogP contribution is -2.27. The highest BCUT2D eigenvalue weighted by atomic mass is 35.5. The first-order valence-electron chi connectivity index (χ1n) is 9.14. The molecule has 3 aromatic rings. The fourth-order valence-electron chi connectivity index (χ4n) is 3.33. The third-order valence-corrected chi connectivity index (χ3v) is 5.77. The van der Waals surface area contributed by atoms with Crippen LogP contribution in [0.2, 0.25) is 5.02 Å². The van der Waals surface area contributed by atoms with Gasteiger partial charge >= 0.3 is 6.15 Å². The van der Waals surface area contributed by atoms with E-state index >= 15 is 0 Å². The van der Waals surface area contributed by atoms with E-state index in [4.69, 9.17) is 21.2 Å². The first-order chi connectivity index (χ1) is 14.9. The Morgan fingerprint density at radius 1 is 0.935 bits per heavy atom. The zero-order valence-corrected chi connectivity index (χ0v) is 18.2. The van der Waals surface area contributed by atoms with Crippen molar-refractivity contribution >= 4 is 52.4 Å².